The van der Waals surface area contributed by atoms with Gasteiger partial charge in [0.05, 0.1) is 31.8 Å². The maximum atomic E-state index is 13.0. The summed E-state index contributed by atoms with van der Waals surface area (Å²) in [4.78, 5) is 27.8. The van der Waals surface area contributed by atoms with Crippen molar-refractivity contribution in [3.63, 3.8) is 0 Å². The van der Waals surface area contributed by atoms with Crippen LogP contribution in [0.5, 0.6) is 0 Å². The monoisotopic (exact) mass is 427 g/mol. The van der Waals surface area contributed by atoms with E-state index in [4.69, 9.17) is 37.4 Å². The van der Waals surface area contributed by atoms with Gasteiger partial charge < -0.3 is 19.1 Å². The standard InChI is InChI=1S/C20H23Cl2NO5/c1-4-27-18(24)16-14(11-21)23-9-10-28-20(23,2)17(19(25)26-3)15(16)12-7-5-6-8-13(12)22/h5-8,15,17H,4,9-11H2,1-3H3. The summed E-state index contributed by atoms with van der Waals surface area (Å²) in [5, 5.41) is 0.437. The van der Waals surface area contributed by atoms with E-state index in [0.29, 0.717) is 35.0 Å². The van der Waals surface area contributed by atoms with Crippen LogP contribution in [0.1, 0.15) is 25.3 Å². The van der Waals surface area contributed by atoms with Gasteiger partial charge in [0, 0.05) is 23.2 Å². The van der Waals surface area contributed by atoms with Crippen LogP contribution in [0.15, 0.2) is 35.5 Å². The summed E-state index contributed by atoms with van der Waals surface area (Å²) in [6.45, 7) is 4.65. The Kier molecular flexibility index (Phi) is 6.22. The molecule has 1 saturated heterocycles. The number of hydrogen-bond acceptors (Lipinski definition) is 6. The summed E-state index contributed by atoms with van der Waals surface area (Å²) in [5.74, 6) is -2.48. The van der Waals surface area contributed by atoms with Gasteiger partial charge in [0.25, 0.3) is 0 Å². The van der Waals surface area contributed by atoms with Crippen LogP contribution in [-0.2, 0) is 23.8 Å². The first-order chi connectivity index (χ1) is 13.4. The number of ether oxygens (including phenoxy) is 3. The van der Waals surface area contributed by atoms with E-state index >= 15 is 0 Å². The van der Waals surface area contributed by atoms with Gasteiger partial charge in [0.1, 0.15) is 5.92 Å². The van der Waals surface area contributed by atoms with Gasteiger partial charge in [-0.05, 0) is 25.5 Å². The fourth-order valence-corrected chi connectivity index (χ4v) is 4.79. The second-order valence-electron chi connectivity index (χ2n) is 6.77. The summed E-state index contributed by atoms with van der Waals surface area (Å²) in [5.41, 5.74) is 0.520. The molecule has 3 rings (SSSR count). The van der Waals surface area contributed by atoms with Crippen molar-refractivity contribution < 1.29 is 23.8 Å². The van der Waals surface area contributed by atoms with Crippen LogP contribution >= 0.6 is 23.2 Å². The quantitative estimate of drug-likeness (QED) is 0.530. The Morgan fingerprint density at radius 1 is 1.36 bits per heavy atom. The molecule has 0 aromatic heterocycles. The fraction of sp³-hybridized carbons (Fsp3) is 0.500. The van der Waals surface area contributed by atoms with Crippen molar-refractivity contribution in [3.05, 3.63) is 46.1 Å². The van der Waals surface area contributed by atoms with E-state index in [1.54, 1.807) is 25.1 Å². The minimum atomic E-state index is -1.02. The third-order valence-corrected chi connectivity index (χ3v) is 6.02. The average molecular weight is 428 g/mol. The van der Waals surface area contributed by atoms with Gasteiger partial charge in [0.15, 0.2) is 5.72 Å². The number of fused-ring (bicyclic) bond motifs is 1. The van der Waals surface area contributed by atoms with E-state index in [1.165, 1.54) is 7.11 Å². The number of carbonyl (C=O) groups excluding carboxylic acids is 2. The van der Waals surface area contributed by atoms with Crippen LogP contribution in [0.25, 0.3) is 0 Å². The number of alkyl halides is 1. The van der Waals surface area contributed by atoms with E-state index in [9.17, 15) is 9.59 Å². The fourth-order valence-electron chi connectivity index (χ4n) is 4.25. The number of benzene rings is 1. The van der Waals surface area contributed by atoms with Gasteiger partial charge in [-0.25, -0.2) is 4.79 Å². The molecule has 3 unspecified atom stereocenters. The Balaban J connectivity index is 2.32. The number of esters is 2. The molecule has 8 heteroatoms. The lowest BCUT2D eigenvalue weighted by Crippen LogP contribution is -2.58. The molecule has 1 fully saturated rings. The average Bonchev–Trinajstić information content (AvgIpc) is 3.08. The molecule has 0 aliphatic carbocycles. The van der Waals surface area contributed by atoms with Crippen molar-refractivity contribution in [1.29, 1.82) is 0 Å². The smallest absolute Gasteiger partial charge is 0.336 e. The number of nitrogens with zero attached hydrogens (tertiary/aromatic N) is 1. The normalized spacial score (nSPS) is 26.8. The highest BCUT2D eigenvalue weighted by Crippen LogP contribution is 2.52. The summed E-state index contributed by atoms with van der Waals surface area (Å²) in [6, 6.07) is 7.11. The molecule has 0 spiro atoms. The lowest BCUT2D eigenvalue weighted by molar-refractivity contribution is -0.171. The van der Waals surface area contributed by atoms with Crippen LogP contribution in [0.4, 0.5) is 0 Å². The zero-order valence-corrected chi connectivity index (χ0v) is 17.5. The zero-order valence-electron chi connectivity index (χ0n) is 16.0. The van der Waals surface area contributed by atoms with Crippen molar-refractivity contribution in [2.75, 3.05) is 32.7 Å². The molecule has 0 N–H and O–H groups in total. The molecule has 2 heterocycles. The highest BCUT2D eigenvalue weighted by Gasteiger charge is 2.59. The van der Waals surface area contributed by atoms with Gasteiger partial charge in [-0.3, -0.25) is 4.79 Å². The van der Waals surface area contributed by atoms with Crippen LogP contribution < -0.4 is 0 Å². The van der Waals surface area contributed by atoms with Crippen molar-refractivity contribution in [2.45, 2.75) is 25.5 Å². The Labute approximate surface area is 174 Å². The van der Waals surface area contributed by atoms with Gasteiger partial charge in [0.2, 0.25) is 0 Å². The number of carbonyl (C=O) groups is 2. The first-order valence-electron chi connectivity index (χ1n) is 9.10. The topological polar surface area (TPSA) is 65.1 Å². The molecule has 3 atom stereocenters. The Hall–Kier alpha value is -1.76. The largest absolute Gasteiger partial charge is 0.469 e. The van der Waals surface area contributed by atoms with Gasteiger partial charge in [-0.1, -0.05) is 29.8 Å². The highest BCUT2D eigenvalue weighted by atomic mass is 35.5. The van der Waals surface area contributed by atoms with E-state index in [-0.39, 0.29) is 12.5 Å². The van der Waals surface area contributed by atoms with E-state index in [0.717, 1.165) is 0 Å². The number of rotatable bonds is 5. The first-order valence-corrected chi connectivity index (χ1v) is 10.0. The summed E-state index contributed by atoms with van der Waals surface area (Å²) in [6.07, 6.45) is 0. The van der Waals surface area contributed by atoms with Crippen LogP contribution in [0.3, 0.4) is 0 Å². The number of methoxy groups -OCH3 is 1. The second-order valence-corrected chi connectivity index (χ2v) is 7.44. The molecule has 0 amide bonds. The molecule has 2 aliphatic heterocycles. The van der Waals surface area contributed by atoms with Crippen LogP contribution in [-0.4, -0.2) is 55.3 Å². The summed E-state index contributed by atoms with van der Waals surface area (Å²) < 4.78 is 16.5. The Bertz CT molecular complexity index is 812. The van der Waals surface area contributed by atoms with E-state index in [2.05, 4.69) is 0 Å². The molecule has 1 aromatic rings. The van der Waals surface area contributed by atoms with E-state index in [1.807, 2.05) is 17.9 Å². The van der Waals surface area contributed by atoms with E-state index < -0.39 is 29.5 Å². The summed E-state index contributed by atoms with van der Waals surface area (Å²) in [7, 11) is 1.32. The molecule has 6 nitrogen and oxygen atoms in total. The Morgan fingerprint density at radius 3 is 2.68 bits per heavy atom. The Morgan fingerprint density at radius 2 is 2.07 bits per heavy atom. The molecule has 152 valence electrons. The lowest BCUT2D eigenvalue weighted by Gasteiger charge is -2.49. The number of hydrogen-bond donors (Lipinski definition) is 0. The molecule has 0 bridgehead atoms. The molecular weight excluding hydrogens is 405 g/mol. The van der Waals surface area contributed by atoms with Gasteiger partial charge in [-0.2, -0.15) is 0 Å². The number of halogens is 2. The third-order valence-electron chi connectivity index (χ3n) is 5.42. The van der Waals surface area contributed by atoms with Crippen LogP contribution in [0, 0.1) is 5.92 Å². The molecule has 1 aromatic carbocycles. The minimum absolute atomic E-state index is 0.0714. The minimum Gasteiger partial charge on any atom is -0.469 e. The molecular formula is C20H23Cl2NO5. The molecule has 0 radical (unpaired) electrons. The predicted molar refractivity (Wildman–Crippen MR) is 105 cm³/mol. The predicted octanol–water partition coefficient (Wildman–Crippen LogP) is 3.33. The number of allylic oxidation sites excluding steroid dienone is 1. The lowest BCUT2D eigenvalue weighted by atomic mass is 9.71. The molecule has 0 saturated carbocycles. The van der Waals surface area contributed by atoms with Crippen molar-refractivity contribution in [3.8, 4) is 0 Å². The van der Waals surface area contributed by atoms with Gasteiger partial charge >= 0.3 is 11.9 Å². The molecule has 28 heavy (non-hydrogen) atoms. The maximum absolute atomic E-state index is 13.0. The first kappa shape index (κ1) is 21.0. The second kappa shape index (κ2) is 8.31. The third kappa shape index (κ3) is 3.27. The van der Waals surface area contributed by atoms with Crippen molar-refractivity contribution >= 4 is 35.1 Å². The SMILES string of the molecule is CCOC(=O)C1=C(CCl)N2CCOC2(C)C(C(=O)OC)C1c1ccccc1Cl. The molecule has 2 aliphatic rings. The zero-order chi connectivity index (χ0) is 20.5. The van der Waals surface area contributed by atoms with Gasteiger partial charge in [-0.15, -0.1) is 11.6 Å². The van der Waals surface area contributed by atoms with Crippen molar-refractivity contribution in [2.24, 2.45) is 5.92 Å². The summed E-state index contributed by atoms with van der Waals surface area (Å²) >= 11 is 12.8. The van der Waals surface area contributed by atoms with Crippen molar-refractivity contribution in [1.82, 2.24) is 4.90 Å². The maximum Gasteiger partial charge on any atom is 0.336 e. The highest BCUT2D eigenvalue weighted by molar-refractivity contribution is 6.31. The van der Waals surface area contributed by atoms with Crippen LogP contribution in [0.2, 0.25) is 5.02 Å².